The largest absolute Gasteiger partial charge is 0.388 e. The summed E-state index contributed by atoms with van der Waals surface area (Å²) in [5.74, 6) is 1.03. The van der Waals surface area contributed by atoms with Crippen LogP contribution in [0.25, 0.3) is 22.3 Å². The van der Waals surface area contributed by atoms with E-state index in [0.29, 0.717) is 17.2 Å². The van der Waals surface area contributed by atoms with E-state index >= 15 is 0 Å². The number of benzene rings is 1. The monoisotopic (exact) mass is 523 g/mol. The van der Waals surface area contributed by atoms with Gasteiger partial charge in [-0.2, -0.15) is 0 Å². The molecule has 200 valence electrons. The van der Waals surface area contributed by atoms with E-state index in [4.69, 9.17) is 14.7 Å². The molecule has 3 atom stereocenters. The maximum atomic E-state index is 12.8. The fourth-order valence-electron chi connectivity index (χ4n) is 5.23. The molecule has 39 heavy (non-hydrogen) atoms. The molecule has 1 saturated carbocycles. The zero-order valence-corrected chi connectivity index (χ0v) is 22.2. The van der Waals surface area contributed by atoms with E-state index in [1.54, 1.807) is 18.3 Å². The molecule has 3 aromatic heterocycles. The van der Waals surface area contributed by atoms with Gasteiger partial charge in [0, 0.05) is 30.2 Å². The molecule has 2 aliphatic rings. The molecule has 6 rings (SSSR count). The fourth-order valence-corrected chi connectivity index (χ4v) is 5.23. The molecule has 1 amide bonds. The number of rotatable bonds is 7. The predicted octanol–water partition coefficient (Wildman–Crippen LogP) is 4.68. The lowest BCUT2D eigenvalue weighted by molar-refractivity contribution is -0.00545. The van der Waals surface area contributed by atoms with Crippen molar-refractivity contribution in [3.8, 4) is 11.4 Å². The Bertz CT molecular complexity index is 1490. The minimum atomic E-state index is -0.503. The number of fused-ring (bicyclic) bond motifs is 1. The number of carbonyl (C=O) groups is 1. The SMILES string of the molecule is C[C@@H]1CN(c2cccc(-c3ccc4cnc(CNC(=O)c5cccc(C(O)C6CC6)c5)cc4n3)n2)C[C@H](C)O1. The summed E-state index contributed by atoms with van der Waals surface area (Å²) in [6.07, 6.45) is 3.66. The number of ether oxygens (including phenoxy) is 1. The van der Waals surface area contributed by atoms with Crippen molar-refractivity contribution in [2.45, 2.75) is 51.5 Å². The van der Waals surface area contributed by atoms with Crippen LogP contribution in [0.15, 0.2) is 66.9 Å². The molecule has 4 aromatic rings. The van der Waals surface area contributed by atoms with Crippen LogP contribution >= 0.6 is 0 Å². The number of nitrogens with zero attached hydrogens (tertiary/aromatic N) is 4. The molecule has 1 saturated heterocycles. The summed E-state index contributed by atoms with van der Waals surface area (Å²) >= 11 is 0. The minimum absolute atomic E-state index is 0.155. The highest BCUT2D eigenvalue weighted by molar-refractivity contribution is 5.94. The molecule has 2 fully saturated rings. The van der Waals surface area contributed by atoms with Crippen molar-refractivity contribution in [3.63, 3.8) is 0 Å². The van der Waals surface area contributed by atoms with Gasteiger partial charge in [-0.05, 0) is 80.6 Å². The molecule has 1 unspecified atom stereocenters. The molecule has 1 aliphatic heterocycles. The normalized spacial score (nSPS) is 20.1. The summed E-state index contributed by atoms with van der Waals surface area (Å²) in [4.78, 5) is 29.4. The molecule has 8 nitrogen and oxygen atoms in total. The third-order valence-corrected chi connectivity index (χ3v) is 7.36. The lowest BCUT2D eigenvalue weighted by Gasteiger charge is -2.36. The van der Waals surface area contributed by atoms with Gasteiger partial charge in [0.15, 0.2) is 0 Å². The van der Waals surface area contributed by atoms with Gasteiger partial charge in [-0.3, -0.25) is 9.78 Å². The molecule has 8 heteroatoms. The topological polar surface area (TPSA) is 100 Å². The fraction of sp³-hybridized carbons (Fsp3) is 0.355. The number of carbonyl (C=O) groups excluding carboxylic acids is 1. The highest BCUT2D eigenvalue weighted by Crippen LogP contribution is 2.40. The Morgan fingerprint density at radius 2 is 1.79 bits per heavy atom. The second kappa shape index (κ2) is 10.7. The van der Waals surface area contributed by atoms with Crippen LogP contribution in [0, 0.1) is 5.92 Å². The summed E-state index contributed by atoms with van der Waals surface area (Å²) in [5.41, 5.74) is 4.42. The Balaban J connectivity index is 1.17. The van der Waals surface area contributed by atoms with E-state index in [-0.39, 0.29) is 24.7 Å². The van der Waals surface area contributed by atoms with Crippen molar-refractivity contribution >= 4 is 22.6 Å². The first kappa shape index (κ1) is 25.4. The molecule has 2 N–H and O–H groups in total. The highest BCUT2D eigenvalue weighted by Gasteiger charge is 2.31. The summed E-state index contributed by atoms with van der Waals surface area (Å²) in [5, 5.41) is 14.3. The maximum absolute atomic E-state index is 12.8. The second-order valence-corrected chi connectivity index (χ2v) is 10.7. The molecule has 1 aliphatic carbocycles. The number of nitrogens with one attached hydrogen (secondary N) is 1. The van der Waals surface area contributed by atoms with Crippen molar-refractivity contribution in [2.75, 3.05) is 18.0 Å². The number of anilines is 1. The van der Waals surface area contributed by atoms with Crippen LogP contribution < -0.4 is 10.2 Å². The minimum Gasteiger partial charge on any atom is -0.388 e. The number of amides is 1. The van der Waals surface area contributed by atoms with E-state index in [0.717, 1.165) is 59.6 Å². The molecule has 1 aromatic carbocycles. The maximum Gasteiger partial charge on any atom is 0.251 e. The average Bonchev–Trinajstić information content (AvgIpc) is 3.80. The average molecular weight is 524 g/mol. The van der Waals surface area contributed by atoms with Crippen molar-refractivity contribution in [3.05, 3.63) is 83.7 Å². The molecule has 0 spiro atoms. The summed E-state index contributed by atoms with van der Waals surface area (Å²) in [7, 11) is 0. The molecule has 0 bridgehead atoms. The molecule has 0 radical (unpaired) electrons. The van der Waals surface area contributed by atoms with Gasteiger partial charge in [0.25, 0.3) is 5.91 Å². The Morgan fingerprint density at radius 1 is 1.03 bits per heavy atom. The van der Waals surface area contributed by atoms with Gasteiger partial charge >= 0.3 is 0 Å². The molecular formula is C31H33N5O3. The summed E-state index contributed by atoms with van der Waals surface area (Å²) < 4.78 is 5.87. The summed E-state index contributed by atoms with van der Waals surface area (Å²) in [6, 6.07) is 19.1. The second-order valence-electron chi connectivity index (χ2n) is 10.7. The van der Waals surface area contributed by atoms with Crippen LogP contribution in [0.3, 0.4) is 0 Å². The first-order valence-corrected chi connectivity index (χ1v) is 13.6. The summed E-state index contributed by atoms with van der Waals surface area (Å²) in [6.45, 7) is 6.05. The number of aliphatic hydroxyl groups is 1. The highest BCUT2D eigenvalue weighted by atomic mass is 16.5. The van der Waals surface area contributed by atoms with Gasteiger partial charge in [0.2, 0.25) is 0 Å². The van der Waals surface area contributed by atoms with Crippen LogP contribution in [-0.2, 0) is 11.3 Å². The first-order chi connectivity index (χ1) is 18.9. The first-order valence-electron chi connectivity index (χ1n) is 13.6. The zero-order valence-electron chi connectivity index (χ0n) is 22.2. The van der Waals surface area contributed by atoms with E-state index in [9.17, 15) is 9.90 Å². The van der Waals surface area contributed by atoms with Crippen LogP contribution in [0.2, 0.25) is 0 Å². The number of morpholine rings is 1. The lowest BCUT2D eigenvalue weighted by Crippen LogP contribution is -2.45. The quantitative estimate of drug-likeness (QED) is 0.363. The van der Waals surface area contributed by atoms with Crippen molar-refractivity contribution in [1.29, 1.82) is 0 Å². The number of hydrogen-bond acceptors (Lipinski definition) is 7. The van der Waals surface area contributed by atoms with Crippen LogP contribution in [0.4, 0.5) is 5.82 Å². The Hall–Kier alpha value is -3.88. The van der Waals surface area contributed by atoms with Crippen LogP contribution in [0.5, 0.6) is 0 Å². The Kier molecular flexibility index (Phi) is 6.97. The van der Waals surface area contributed by atoms with Crippen molar-refractivity contribution in [1.82, 2.24) is 20.3 Å². The van der Waals surface area contributed by atoms with Gasteiger partial charge in [-0.1, -0.05) is 18.2 Å². The van der Waals surface area contributed by atoms with Crippen molar-refractivity contribution < 1.29 is 14.6 Å². The van der Waals surface area contributed by atoms with E-state index in [1.165, 1.54) is 0 Å². The lowest BCUT2D eigenvalue weighted by atomic mass is 10.0. The van der Waals surface area contributed by atoms with Crippen molar-refractivity contribution in [2.24, 2.45) is 5.92 Å². The Morgan fingerprint density at radius 3 is 2.59 bits per heavy atom. The van der Waals surface area contributed by atoms with E-state index in [1.807, 2.05) is 48.5 Å². The number of pyridine rings is 3. The van der Waals surface area contributed by atoms with E-state index in [2.05, 4.69) is 29.0 Å². The molecule has 4 heterocycles. The number of aliphatic hydroxyl groups excluding tert-OH is 1. The van der Waals surface area contributed by atoms with Gasteiger partial charge < -0.3 is 20.1 Å². The zero-order chi connectivity index (χ0) is 26.9. The predicted molar refractivity (Wildman–Crippen MR) is 150 cm³/mol. The van der Waals surface area contributed by atoms with Crippen LogP contribution in [0.1, 0.15) is 54.4 Å². The van der Waals surface area contributed by atoms with Gasteiger partial charge in [0.1, 0.15) is 5.82 Å². The molecular weight excluding hydrogens is 490 g/mol. The van der Waals surface area contributed by atoms with Gasteiger partial charge in [0.05, 0.1) is 47.5 Å². The van der Waals surface area contributed by atoms with E-state index < -0.39 is 6.10 Å². The van der Waals surface area contributed by atoms with Gasteiger partial charge in [-0.15, -0.1) is 0 Å². The number of aromatic nitrogens is 3. The van der Waals surface area contributed by atoms with Gasteiger partial charge in [-0.25, -0.2) is 9.97 Å². The standard InChI is InChI=1S/C31H33N5O3/c1-19-17-36(18-20(2)39-19)29-8-4-7-26(35-29)27-12-11-24-15-32-25(14-28(24)34-27)16-33-31(38)23-6-3-5-22(13-23)30(37)21-9-10-21/h3-8,11-15,19-21,30,37H,9-10,16-18H2,1-2H3,(H,33,38)/t19-,20+,30?. The third kappa shape index (κ3) is 5.77. The Labute approximate surface area is 228 Å². The third-order valence-electron chi connectivity index (χ3n) is 7.36. The smallest absolute Gasteiger partial charge is 0.251 e. The van der Waals surface area contributed by atoms with Crippen LogP contribution in [-0.4, -0.2) is 51.3 Å². The number of hydrogen-bond donors (Lipinski definition) is 2.